The predicted octanol–water partition coefficient (Wildman–Crippen LogP) is 1.77. The molecular formula is C9H15NO2. The molecule has 1 heterocycles. The van der Waals surface area contributed by atoms with Crippen LogP contribution in [0.25, 0.3) is 0 Å². The van der Waals surface area contributed by atoms with Crippen LogP contribution in [0.4, 0.5) is 0 Å². The Balaban J connectivity index is 2.79. The highest BCUT2D eigenvalue weighted by molar-refractivity contribution is 6.00. The minimum atomic E-state index is -0.668. The third-order valence-corrected chi connectivity index (χ3v) is 2.12. The zero-order valence-corrected chi connectivity index (χ0v) is 8.05. The third kappa shape index (κ3) is 1.49. The first-order chi connectivity index (χ1) is 5.47. The second-order valence-electron chi connectivity index (χ2n) is 3.71. The fourth-order valence-electron chi connectivity index (χ4n) is 0.949. The molecule has 0 radical (unpaired) electrons. The molecule has 0 aromatic heterocycles. The van der Waals surface area contributed by atoms with Crippen LogP contribution in [-0.2, 0) is 9.53 Å². The highest BCUT2D eigenvalue weighted by Crippen LogP contribution is 2.22. The van der Waals surface area contributed by atoms with Gasteiger partial charge in [-0.15, -0.1) is 0 Å². The Morgan fingerprint density at radius 2 is 2.17 bits per heavy atom. The molecule has 68 valence electrons. The molecule has 0 saturated carbocycles. The molecule has 0 aromatic carbocycles. The van der Waals surface area contributed by atoms with Crippen molar-refractivity contribution in [2.45, 2.75) is 39.7 Å². The van der Waals surface area contributed by atoms with Crippen LogP contribution >= 0.6 is 0 Å². The van der Waals surface area contributed by atoms with Crippen molar-refractivity contribution in [2.75, 3.05) is 0 Å². The molecule has 0 fully saturated rings. The summed E-state index contributed by atoms with van der Waals surface area (Å²) in [5.41, 5.74) is -0.668. The second kappa shape index (κ2) is 2.88. The Labute approximate surface area is 72.8 Å². The second-order valence-corrected chi connectivity index (χ2v) is 3.71. The van der Waals surface area contributed by atoms with Gasteiger partial charge in [-0.2, -0.15) is 0 Å². The van der Waals surface area contributed by atoms with E-state index in [1.165, 1.54) is 0 Å². The van der Waals surface area contributed by atoms with E-state index in [0.717, 1.165) is 6.42 Å². The Bertz CT molecular complexity index is 231. The Hall–Kier alpha value is -0.860. The molecule has 0 amide bonds. The monoisotopic (exact) mass is 169 g/mol. The molecule has 12 heavy (non-hydrogen) atoms. The lowest BCUT2D eigenvalue weighted by Gasteiger charge is -2.05. The zero-order valence-electron chi connectivity index (χ0n) is 8.05. The first kappa shape index (κ1) is 9.23. The van der Waals surface area contributed by atoms with Gasteiger partial charge in [-0.25, -0.2) is 9.79 Å². The standard InChI is InChI=1S/C9H15NO2/c1-5-6(2)7-10-9(3,4)8(11)12-7/h6H,5H2,1-4H3. The van der Waals surface area contributed by atoms with Gasteiger partial charge < -0.3 is 4.74 Å². The summed E-state index contributed by atoms with van der Waals surface area (Å²) in [5, 5.41) is 0. The van der Waals surface area contributed by atoms with E-state index in [0.29, 0.717) is 5.90 Å². The summed E-state index contributed by atoms with van der Waals surface area (Å²) in [6.45, 7) is 7.59. The quantitative estimate of drug-likeness (QED) is 0.591. The highest BCUT2D eigenvalue weighted by atomic mass is 16.6. The van der Waals surface area contributed by atoms with Crippen molar-refractivity contribution in [1.29, 1.82) is 0 Å². The number of carbonyl (C=O) groups is 1. The van der Waals surface area contributed by atoms with Crippen LogP contribution < -0.4 is 0 Å². The van der Waals surface area contributed by atoms with E-state index in [2.05, 4.69) is 4.99 Å². The third-order valence-electron chi connectivity index (χ3n) is 2.12. The fourth-order valence-corrected chi connectivity index (χ4v) is 0.949. The summed E-state index contributed by atoms with van der Waals surface area (Å²) in [4.78, 5) is 15.4. The van der Waals surface area contributed by atoms with E-state index in [4.69, 9.17) is 4.74 Å². The van der Waals surface area contributed by atoms with Crippen LogP contribution in [0.2, 0.25) is 0 Å². The minimum absolute atomic E-state index is 0.238. The molecule has 3 heteroatoms. The van der Waals surface area contributed by atoms with Gasteiger partial charge in [0.1, 0.15) is 0 Å². The van der Waals surface area contributed by atoms with Crippen LogP contribution in [0.1, 0.15) is 34.1 Å². The van der Waals surface area contributed by atoms with E-state index >= 15 is 0 Å². The van der Waals surface area contributed by atoms with Gasteiger partial charge in [0, 0.05) is 5.92 Å². The maximum Gasteiger partial charge on any atom is 0.340 e. The lowest BCUT2D eigenvalue weighted by Crippen LogP contribution is -2.25. The molecule has 0 N–H and O–H groups in total. The summed E-state index contributed by atoms with van der Waals surface area (Å²) in [6, 6.07) is 0. The molecule has 1 rings (SSSR count). The maximum absolute atomic E-state index is 11.2. The van der Waals surface area contributed by atoms with Crippen molar-refractivity contribution in [3.8, 4) is 0 Å². The topological polar surface area (TPSA) is 38.7 Å². The molecule has 0 spiro atoms. The van der Waals surface area contributed by atoms with Gasteiger partial charge in [0.25, 0.3) is 0 Å². The summed E-state index contributed by atoms with van der Waals surface area (Å²) in [6.07, 6.45) is 0.947. The molecule has 0 aromatic rings. The van der Waals surface area contributed by atoms with Crippen molar-refractivity contribution in [1.82, 2.24) is 0 Å². The zero-order chi connectivity index (χ0) is 9.35. The summed E-state index contributed by atoms with van der Waals surface area (Å²) in [5.74, 6) is 0.598. The number of hydrogen-bond donors (Lipinski definition) is 0. The first-order valence-electron chi connectivity index (χ1n) is 4.29. The number of nitrogens with zero attached hydrogens (tertiary/aromatic N) is 1. The number of ether oxygens (including phenoxy) is 1. The first-order valence-corrected chi connectivity index (χ1v) is 4.29. The molecule has 1 aliphatic rings. The van der Waals surface area contributed by atoms with E-state index in [-0.39, 0.29) is 11.9 Å². The Morgan fingerprint density at radius 1 is 1.58 bits per heavy atom. The fraction of sp³-hybridized carbons (Fsp3) is 0.778. The largest absolute Gasteiger partial charge is 0.410 e. The summed E-state index contributed by atoms with van der Waals surface area (Å²) in [7, 11) is 0. The van der Waals surface area contributed by atoms with Gasteiger partial charge in [-0.05, 0) is 20.3 Å². The van der Waals surface area contributed by atoms with Gasteiger partial charge in [-0.3, -0.25) is 0 Å². The smallest absolute Gasteiger partial charge is 0.340 e. The average molecular weight is 169 g/mol. The van der Waals surface area contributed by atoms with Crippen molar-refractivity contribution >= 4 is 11.9 Å². The van der Waals surface area contributed by atoms with Crippen molar-refractivity contribution < 1.29 is 9.53 Å². The lowest BCUT2D eigenvalue weighted by atomic mass is 10.1. The normalized spacial score (nSPS) is 23.3. The van der Waals surface area contributed by atoms with Gasteiger partial charge >= 0.3 is 5.97 Å². The highest BCUT2D eigenvalue weighted by Gasteiger charge is 2.37. The number of cyclic esters (lactones) is 1. The Kier molecular flexibility index (Phi) is 2.22. The van der Waals surface area contributed by atoms with Gasteiger partial charge in [0.2, 0.25) is 0 Å². The number of rotatable bonds is 2. The summed E-state index contributed by atoms with van der Waals surface area (Å²) < 4.78 is 5.04. The molecule has 1 unspecified atom stereocenters. The molecule has 0 aliphatic carbocycles. The number of hydrogen-bond acceptors (Lipinski definition) is 3. The van der Waals surface area contributed by atoms with E-state index in [1.54, 1.807) is 13.8 Å². The van der Waals surface area contributed by atoms with Gasteiger partial charge in [0.05, 0.1) is 0 Å². The van der Waals surface area contributed by atoms with Crippen LogP contribution in [-0.4, -0.2) is 17.4 Å². The number of aliphatic imine (C=N–C) groups is 1. The molecule has 1 aliphatic heterocycles. The molecule has 3 nitrogen and oxygen atoms in total. The van der Waals surface area contributed by atoms with Crippen LogP contribution in [0.5, 0.6) is 0 Å². The van der Waals surface area contributed by atoms with E-state index in [1.807, 2.05) is 13.8 Å². The molecule has 0 saturated heterocycles. The Morgan fingerprint density at radius 3 is 2.50 bits per heavy atom. The van der Waals surface area contributed by atoms with Crippen LogP contribution in [0.3, 0.4) is 0 Å². The predicted molar refractivity (Wildman–Crippen MR) is 47.1 cm³/mol. The molecular weight excluding hydrogens is 154 g/mol. The van der Waals surface area contributed by atoms with Crippen molar-refractivity contribution in [2.24, 2.45) is 10.9 Å². The number of esters is 1. The molecule has 1 atom stereocenters. The van der Waals surface area contributed by atoms with Gasteiger partial charge in [-0.1, -0.05) is 13.8 Å². The van der Waals surface area contributed by atoms with Crippen LogP contribution in [0.15, 0.2) is 4.99 Å². The van der Waals surface area contributed by atoms with Gasteiger partial charge in [0.15, 0.2) is 11.4 Å². The van der Waals surface area contributed by atoms with Crippen molar-refractivity contribution in [3.05, 3.63) is 0 Å². The SMILES string of the molecule is CCC(C)C1=NC(C)(C)C(=O)O1. The van der Waals surface area contributed by atoms with E-state index < -0.39 is 5.54 Å². The minimum Gasteiger partial charge on any atom is -0.410 e. The average Bonchev–Trinajstić information content (AvgIpc) is 2.25. The van der Waals surface area contributed by atoms with Crippen molar-refractivity contribution in [3.63, 3.8) is 0 Å². The van der Waals surface area contributed by atoms with Crippen LogP contribution in [0, 0.1) is 5.92 Å². The molecule has 0 bridgehead atoms. The lowest BCUT2D eigenvalue weighted by molar-refractivity contribution is -0.138. The maximum atomic E-state index is 11.2. The number of carbonyl (C=O) groups excluding carboxylic acids is 1. The van der Waals surface area contributed by atoms with E-state index in [9.17, 15) is 4.79 Å². The summed E-state index contributed by atoms with van der Waals surface area (Å²) >= 11 is 0.